The van der Waals surface area contributed by atoms with Gasteiger partial charge in [-0.25, -0.2) is 0 Å². The summed E-state index contributed by atoms with van der Waals surface area (Å²) in [5.74, 6) is 5.23. The summed E-state index contributed by atoms with van der Waals surface area (Å²) >= 11 is 0. The van der Waals surface area contributed by atoms with E-state index in [4.69, 9.17) is 25.7 Å². The number of aliphatic hydroxyl groups is 4. The van der Waals surface area contributed by atoms with Gasteiger partial charge in [-0.3, -0.25) is 28.8 Å². The fraction of sp³-hybridized carbons (Fsp3) is 0.639. The predicted octanol–water partition coefficient (Wildman–Crippen LogP) is 5.25. The summed E-state index contributed by atoms with van der Waals surface area (Å²) in [6, 6.07) is 15.1. The van der Waals surface area contributed by atoms with E-state index in [1.165, 1.54) is 0 Å². The number of amides is 6. The van der Waals surface area contributed by atoms with Crippen LogP contribution in [0.3, 0.4) is 0 Å². The fourth-order valence-electron chi connectivity index (χ4n) is 11.6. The molecule has 0 aliphatic heterocycles. The standard InChI is InChI=1S/2C36H54N4O5/c1-7-16-31(41)34(43)30(24-28-19-14-11-15-20-28)37-36(45)33(26(4)8-2)38-35(44)29(23-27-17-12-10-13-18-27)25-32(42)40(6)22-21-39(5)9-3;1-6-15-31(41)34(43)30(24-28-18-13-10-14-19-28)38-36(45)33(26(4)8-3)39-35(44)29(23-27-16-11-9-12-17-27)25-32(42)40(5)22-21-37-20-7-2/h1-2,10,12-13,17-18,26,28-31,33-34,41,43H,9,11,14-16,19-25H2,3-6H3,(H,37,45)(H,38,44);1,3,9,11-12,16-17,26,28-31,33-34,37,41,43H,7,10,13-15,18-25H2,2,4-5H3,(H,38,45)(H,39,44)/t2*26?,29-,30+,31+,33+,34-/m11/s1. The average Bonchev–Trinajstić information content (AvgIpc) is 3.45. The quantitative estimate of drug-likeness (QED) is 0.0311. The van der Waals surface area contributed by atoms with E-state index in [0.717, 1.165) is 94.8 Å². The van der Waals surface area contributed by atoms with E-state index >= 15 is 0 Å². The van der Waals surface area contributed by atoms with Crippen LogP contribution in [0.5, 0.6) is 0 Å². The van der Waals surface area contributed by atoms with Gasteiger partial charge in [0.1, 0.15) is 24.3 Å². The molecule has 0 heterocycles. The molecule has 0 aromatic heterocycles. The van der Waals surface area contributed by atoms with Crippen molar-refractivity contribution in [3.63, 3.8) is 0 Å². The highest BCUT2D eigenvalue weighted by atomic mass is 16.3. The third-order valence-electron chi connectivity index (χ3n) is 17.7. The average molecular weight is 1250 g/mol. The molecule has 6 amide bonds. The predicted molar refractivity (Wildman–Crippen MR) is 355 cm³/mol. The number of likely N-dealkylation sites (N-methyl/N-ethyl adjacent to an activating group) is 3. The van der Waals surface area contributed by atoms with Gasteiger partial charge < -0.3 is 61.7 Å². The smallest absolute Gasteiger partial charge is 0.244 e. The normalized spacial score (nSPS) is 17.5. The van der Waals surface area contributed by atoms with Gasteiger partial charge in [0.2, 0.25) is 35.4 Å². The topological polar surface area (TPSA) is 253 Å². The highest BCUT2D eigenvalue weighted by Crippen LogP contribution is 2.31. The zero-order valence-corrected chi connectivity index (χ0v) is 54.9. The Kier molecular flexibility index (Phi) is 37.1. The first-order chi connectivity index (χ1) is 43.1. The molecular formula is C72H108N8O10. The van der Waals surface area contributed by atoms with Gasteiger partial charge in [-0.1, -0.05) is 139 Å². The number of carbonyl (C=O) groups is 6. The second-order valence-corrected chi connectivity index (χ2v) is 25.0. The van der Waals surface area contributed by atoms with Crippen LogP contribution in [0.25, 0.3) is 0 Å². The summed E-state index contributed by atoms with van der Waals surface area (Å²) < 4.78 is 0. The highest BCUT2D eigenvalue weighted by molar-refractivity contribution is 5.92. The summed E-state index contributed by atoms with van der Waals surface area (Å²) in [7, 11) is 5.43. The third-order valence-corrected chi connectivity index (χ3v) is 17.7. The molecule has 2 aromatic rings. The Morgan fingerprint density at radius 1 is 0.533 bits per heavy atom. The summed E-state index contributed by atoms with van der Waals surface area (Å²) in [5, 5.41) is 57.8. The summed E-state index contributed by atoms with van der Waals surface area (Å²) in [4.78, 5) is 87.0. The Labute approximate surface area is 539 Å². The second kappa shape index (κ2) is 43.1. The molecule has 0 radical (unpaired) electrons. The summed E-state index contributed by atoms with van der Waals surface area (Å²) in [6.45, 7) is 11.6. The first kappa shape index (κ1) is 77.5. The summed E-state index contributed by atoms with van der Waals surface area (Å²) in [5.41, 5.74) is 1.78. The van der Waals surface area contributed by atoms with Crippen LogP contribution < -0.4 is 26.6 Å². The minimum atomic E-state index is -1.28. The maximum absolute atomic E-state index is 13.8. The lowest BCUT2D eigenvalue weighted by molar-refractivity contribution is -0.137. The fourth-order valence-corrected chi connectivity index (χ4v) is 11.6. The van der Waals surface area contributed by atoms with Gasteiger partial charge in [-0.15, -0.1) is 49.4 Å². The van der Waals surface area contributed by atoms with Crippen LogP contribution in [0.2, 0.25) is 0 Å². The van der Waals surface area contributed by atoms with Crippen molar-refractivity contribution in [2.45, 2.75) is 198 Å². The Morgan fingerprint density at radius 2 is 0.922 bits per heavy atom. The van der Waals surface area contributed by atoms with Gasteiger partial charge >= 0.3 is 0 Å². The van der Waals surface area contributed by atoms with E-state index in [0.29, 0.717) is 51.9 Å². The first-order valence-corrected chi connectivity index (χ1v) is 32.8. The maximum Gasteiger partial charge on any atom is 0.244 e. The number of terminal acetylenes is 4. The molecule has 2 aromatic carbocycles. The Hall–Kier alpha value is -6.74. The Morgan fingerprint density at radius 3 is 1.28 bits per heavy atom. The van der Waals surface area contributed by atoms with E-state index in [-0.39, 0.29) is 49.3 Å². The lowest BCUT2D eigenvalue weighted by Crippen LogP contribution is -2.57. The van der Waals surface area contributed by atoms with Crippen molar-refractivity contribution in [1.29, 1.82) is 0 Å². The number of hydrogen-bond donors (Lipinski definition) is 9. The lowest BCUT2D eigenvalue weighted by Gasteiger charge is -2.33. The minimum Gasteiger partial charge on any atom is -0.389 e. The molecule has 90 heavy (non-hydrogen) atoms. The molecule has 2 saturated carbocycles. The molecule has 2 aliphatic carbocycles. The lowest BCUT2D eigenvalue weighted by atomic mass is 9.82. The molecule has 496 valence electrons. The van der Waals surface area contributed by atoms with Crippen molar-refractivity contribution in [2.75, 3.05) is 60.4 Å². The van der Waals surface area contributed by atoms with Crippen LogP contribution in [0, 0.1) is 84.9 Å². The molecule has 0 bridgehead atoms. The maximum atomic E-state index is 13.8. The van der Waals surface area contributed by atoms with Gasteiger partial charge in [-0.2, -0.15) is 0 Å². The zero-order valence-electron chi connectivity index (χ0n) is 54.9. The molecule has 2 fully saturated rings. The molecular weight excluding hydrogens is 1140 g/mol. The van der Waals surface area contributed by atoms with Crippen LogP contribution in [-0.2, 0) is 41.6 Å². The SMILES string of the molecule is C#CC[C@H](O)[C@H](O)[C@H](CC1CCCCC1)NC(=O)[C@@H](NC(=O)[C@@H](CC(=O)N(C)CCN(C)CC)Cc1ccccc1)C(C)C#C.C#CC[C@H](O)[C@H](O)[C@H](CC1CCCCC1)NC(=O)[C@@H](NC(=O)[C@@H](CC(=O)N(C)CCNCCC)Cc1ccccc1)C(C)C#C. The molecule has 12 atom stereocenters. The van der Waals surface area contributed by atoms with Crippen molar-refractivity contribution < 1.29 is 49.2 Å². The Bertz CT molecular complexity index is 2620. The van der Waals surface area contributed by atoms with E-state index in [9.17, 15) is 49.2 Å². The van der Waals surface area contributed by atoms with E-state index < -0.39 is 95.9 Å². The second-order valence-electron chi connectivity index (χ2n) is 25.0. The van der Waals surface area contributed by atoms with Gasteiger partial charge in [-0.05, 0) is 89.1 Å². The molecule has 0 spiro atoms. The van der Waals surface area contributed by atoms with E-state index in [1.54, 1.807) is 37.7 Å². The number of nitrogens with zero attached hydrogens (tertiary/aromatic N) is 3. The number of rotatable bonds is 37. The van der Waals surface area contributed by atoms with E-state index in [2.05, 4.69) is 62.1 Å². The zero-order chi connectivity index (χ0) is 66.5. The third kappa shape index (κ3) is 28.2. The highest BCUT2D eigenvalue weighted by Gasteiger charge is 2.38. The van der Waals surface area contributed by atoms with Crippen molar-refractivity contribution in [3.05, 3.63) is 71.8 Å². The van der Waals surface area contributed by atoms with Crippen LogP contribution in [0.4, 0.5) is 0 Å². The number of nitrogens with one attached hydrogen (secondary N) is 5. The number of carbonyl (C=O) groups excluding carboxylic acids is 6. The van der Waals surface area contributed by atoms with Crippen molar-refractivity contribution in [2.24, 2.45) is 35.5 Å². The molecule has 2 aliphatic rings. The molecule has 4 rings (SSSR count). The van der Waals surface area contributed by atoms with Crippen molar-refractivity contribution in [1.82, 2.24) is 41.3 Å². The largest absolute Gasteiger partial charge is 0.389 e. The molecule has 18 heteroatoms. The number of benzene rings is 2. The molecule has 18 nitrogen and oxygen atoms in total. The van der Waals surface area contributed by atoms with Crippen molar-refractivity contribution >= 4 is 35.4 Å². The minimum absolute atomic E-state index is 0.0346. The van der Waals surface area contributed by atoms with E-state index in [1.807, 2.05) is 74.6 Å². The monoisotopic (exact) mass is 1240 g/mol. The molecule has 2 unspecified atom stereocenters. The van der Waals surface area contributed by atoms with Crippen molar-refractivity contribution in [3.8, 4) is 49.4 Å². The molecule has 0 saturated heterocycles. The first-order valence-electron chi connectivity index (χ1n) is 32.8. The van der Waals surface area contributed by atoms with Gasteiger partial charge in [0.25, 0.3) is 0 Å². The van der Waals surface area contributed by atoms with Crippen LogP contribution in [0.1, 0.15) is 148 Å². The van der Waals surface area contributed by atoms with Crippen LogP contribution in [-0.4, -0.2) is 180 Å². The Balaban J connectivity index is 0.000000470. The van der Waals surface area contributed by atoms with Crippen LogP contribution in [0.15, 0.2) is 60.7 Å². The molecule has 9 N–H and O–H groups in total. The van der Waals surface area contributed by atoms with Crippen LogP contribution >= 0.6 is 0 Å². The summed E-state index contributed by atoms with van der Waals surface area (Å²) in [6.07, 6.45) is 30.2. The number of hydrogen-bond acceptors (Lipinski definition) is 12. The number of aliphatic hydroxyl groups excluding tert-OH is 4. The van der Waals surface area contributed by atoms with Gasteiger partial charge in [0.05, 0.1) is 36.1 Å². The van der Waals surface area contributed by atoms with Gasteiger partial charge in [0.15, 0.2) is 0 Å². The van der Waals surface area contributed by atoms with Gasteiger partial charge in [0, 0.05) is 77.8 Å².